The molecule has 0 radical (unpaired) electrons. The van der Waals surface area contributed by atoms with E-state index in [2.05, 4.69) is 15.0 Å². The number of methoxy groups -OCH3 is 1. The zero-order chi connectivity index (χ0) is 13.7. The van der Waals surface area contributed by atoms with Crippen LogP contribution in [-0.4, -0.2) is 24.0 Å². The molecule has 1 amide bonds. The van der Waals surface area contributed by atoms with E-state index in [1.54, 1.807) is 42.7 Å². The maximum absolute atomic E-state index is 12.0. The molecule has 1 N–H and O–H groups in total. The number of aromatic nitrogens is 1. The smallest absolute Gasteiger partial charge is 0.337 e. The third kappa shape index (κ3) is 3.16. The van der Waals surface area contributed by atoms with Crippen LogP contribution >= 0.6 is 0 Å². The minimum absolute atomic E-state index is 0.307. The van der Waals surface area contributed by atoms with Gasteiger partial charge in [0.05, 0.1) is 24.6 Å². The molecule has 0 unspecified atom stereocenters. The highest BCUT2D eigenvalue weighted by atomic mass is 16.5. The lowest BCUT2D eigenvalue weighted by Gasteiger charge is -2.05. The Balaban J connectivity index is 2.18. The van der Waals surface area contributed by atoms with E-state index in [4.69, 9.17) is 0 Å². The number of hydrogen-bond donors (Lipinski definition) is 1. The van der Waals surface area contributed by atoms with Crippen molar-refractivity contribution in [2.45, 2.75) is 0 Å². The summed E-state index contributed by atoms with van der Waals surface area (Å²) in [5.41, 5.74) is 1.31. The highest BCUT2D eigenvalue weighted by Crippen LogP contribution is 2.10. The van der Waals surface area contributed by atoms with E-state index in [1.165, 1.54) is 13.2 Å². The Morgan fingerprint density at radius 1 is 1.16 bits per heavy atom. The van der Waals surface area contributed by atoms with Crippen molar-refractivity contribution in [3.8, 4) is 0 Å². The van der Waals surface area contributed by atoms with Crippen molar-refractivity contribution in [1.82, 2.24) is 4.98 Å². The number of benzene rings is 1. The predicted octanol–water partition coefficient (Wildman–Crippen LogP) is 2.12. The van der Waals surface area contributed by atoms with Gasteiger partial charge in [0.1, 0.15) is 0 Å². The Bertz CT molecular complexity index is 597. The molecule has 0 aliphatic rings. The molecule has 0 spiro atoms. The lowest BCUT2D eigenvalue weighted by atomic mass is 10.1. The fourth-order valence-corrected chi connectivity index (χ4v) is 1.55. The molecule has 1 heterocycles. The largest absolute Gasteiger partial charge is 0.465 e. The number of esters is 1. The molecule has 0 aliphatic heterocycles. The van der Waals surface area contributed by atoms with Crippen molar-refractivity contribution < 1.29 is 14.3 Å². The van der Waals surface area contributed by atoms with Crippen LogP contribution in [0.3, 0.4) is 0 Å². The molecule has 0 saturated carbocycles. The summed E-state index contributed by atoms with van der Waals surface area (Å²) in [4.78, 5) is 27.3. The fourth-order valence-electron chi connectivity index (χ4n) is 1.55. The van der Waals surface area contributed by atoms with E-state index < -0.39 is 5.97 Å². The van der Waals surface area contributed by atoms with Gasteiger partial charge in [-0.25, -0.2) is 4.79 Å². The third-order valence-corrected chi connectivity index (χ3v) is 2.47. The number of carbonyl (C=O) groups excluding carboxylic acids is 2. The molecule has 2 aromatic rings. The second-order valence-corrected chi connectivity index (χ2v) is 3.77. The van der Waals surface area contributed by atoms with Gasteiger partial charge < -0.3 is 10.1 Å². The average molecular weight is 256 g/mol. The second kappa shape index (κ2) is 5.77. The predicted molar refractivity (Wildman–Crippen MR) is 70.0 cm³/mol. The van der Waals surface area contributed by atoms with Crippen LogP contribution in [0.15, 0.2) is 48.8 Å². The number of ether oxygens (including phenoxy) is 1. The maximum Gasteiger partial charge on any atom is 0.337 e. The molecular weight excluding hydrogens is 244 g/mol. The van der Waals surface area contributed by atoms with Crippen LogP contribution in [0.4, 0.5) is 5.69 Å². The van der Waals surface area contributed by atoms with Gasteiger partial charge in [0.15, 0.2) is 0 Å². The van der Waals surface area contributed by atoms with Gasteiger partial charge in [-0.3, -0.25) is 9.78 Å². The summed E-state index contributed by atoms with van der Waals surface area (Å²) in [6, 6.07) is 9.78. The lowest BCUT2D eigenvalue weighted by molar-refractivity contribution is 0.0600. The summed E-state index contributed by atoms with van der Waals surface area (Å²) in [5, 5.41) is 2.69. The zero-order valence-electron chi connectivity index (χ0n) is 10.3. The van der Waals surface area contributed by atoms with Gasteiger partial charge in [0.2, 0.25) is 0 Å². The summed E-state index contributed by atoms with van der Waals surface area (Å²) in [5.74, 6) is -0.783. The van der Waals surface area contributed by atoms with Gasteiger partial charge in [0, 0.05) is 11.8 Å². The van der Waals surface area contributed by atoms with Crippen LogP contribution in [0.25, 0.3) is 0 Å². The number of amides is 1. The molecule has 0 atom stereocenters. The van der Waals surface area contributed by atoms with E-state index in [0.29, 0.717) is 16.8 Å². The minimum atomic E-state index is -0.476. The Labute approximate surface area is 110 Å². The quantitative estimate of drug-likeness (QED) is 0.854. The monoisotopic (exact) mass is 256 g/mol. The summed E-state index contributed by atoms with van der Waals surface area (Å²) in [7, 11) is 1.30. The Hall–Kier alpha value is -2.69. The van der Waals surface area contributed by atoms with Gasteiger partial charge in [0.25, 0.3) is 5.91 Å². The molecule has 5 nitrogen and oxygen atoms in total. The molecule has 0 aliphatic carbocycles. The first-order valence-corrected chi connectivity index (χ1v) is 5.60. The number of nitrogens with zero attached hydrogens (tertiary/aromatic N) is 1. The Morgan fingerprint density at radius 2 is 1.95 bits per heavy atom. The minimum Gasteiger partial charge on any atom is -0.465 e. The molecule has 0 fully saturated rings. The maximum atomic E-state index is 12.0. The van der Waals surface area contributed by atoms with Crippen LogP contribution < -0.4 is 5.32 Å². The molecule has 19 heavy (non-hydrogen) atoms. The van der Waals surface area contributed by atoms with Gasteiger partial charge in [-0.05, 0) is 30.3 Å². The van der Waals surface area contributed by atoms with E-state index in [9.17, 15) is 9.59 Å². The van der Waals surface area contributed by atoms with Crippen LogP contribution in [-0.2, 0) is 4.74 Å². The highest BCUT2D eigenvalue weighted by Gasteiger charge is 2.10. The number of rotatable bonds is 3. The van der Waals surface area contributed by atoms with Crippen molar-refractivity contribution in [2.75, 3.05) is 12.4 Å². The first-order chi connectivity index (χ1) is 9.20. The van der Waals surface area contributed by atoms with Gasteiger partial charge in [-0.1, -0.05) is 6.07 Å². The summed E-state index contributed by atoms with van der Waals surface area (Å²) in [6.07, 6.45) is 3.16. The van der Waals surface area contributed by atoms with Crippen molar-refractivity contribution >= 4 is 17.6 Å². The summed E-state index contributed by atoms with van der Waals surface area (Å²) < 4.78 is 4.61. The average Bonchev–Trinajstić information content (AvgIpc) is 2.47. The van der Waals surface area contributed by atoms with E-state index in [-0.39, 0.29) is 5.91 Å². The van der Waals surface area contributed by atoms with Crippen LogP contribution in [0, 0.1) is 0 Å². The Kier molecular flexibility index (Phi) is 3.87. The van der Waals surface area contributed by atoms with Gasteiger partial charge in [-0.15, -0.1) is 0 Å². The number of hydrogen-bond acceptors (Lipinski definition) is 4. The summed E-state index contributed by atoms with van der Waals surface area (Å²) >= 11 is 0. The van der Waals surface area contributed by atoms with Crippen molar-refractivity contribution in [3.63, 3.8) is 0 Å². The molecule has 0 bridgehead atoms. The van der Waals surface area contributed by atoms with E-state index in [1.807, 2.05) is 0 Å². The number of pyridine rings is 1. The molecule has 0 saturated heterocycles. The molecule has 1 aromatic carbocycles. The van der Waals surface area contributed by atoms with Gasteiger partial charge >= 0.3 is 5.97 Å². The fraction of sp³-hybridized carbons (Fsp3) is 0.0714. The molecule has 2 rings (SSSR count). The number of anilines is 1. The SMILES string of the molecule is COC(=O)c1cccc(C(=O)Nc2cccnc2)c1. The van der Waals surface area contributed by atoms with E-state index in [0.717, 1.165) is 0 Å². The highest BCUT2D eigenvalue weighted by molar-refractivity contribution is 6.05. The van der Waals surface area contributed by atoms with E-state index >= 15 is 0 Å². The normalized spacial score (nSPS) is 9.74. The second-order valence-electron chi connectivity index (χ2n) is 3.77. The topological polar surface area (TPSA) is 68.3 Å². The van der Waals surface area contributed by atoms with Crippen LogP contribution in [0.2, 0.25) is 0 Å². The molecule has 1 aromatic heterocycles. The first kappa shape index (κ1) is 12.8. The number of carbonyl (C=O) groups is 2. The van der Waals surface area contributed by atoms with Crippen molar-refractivity contribution in [3.05, 3.63) is 59.9 Å². The Morgan fingerprint density at radius 3 is 2.63 bits per heavy atom. The summed E-state index contributed by atoms with van der Waals surface area (Å²) in [6.45, 7) is 0. The standard InChI is InChI=1S/C14H12N2O3/c1-19-14(18)11-5-2-4-10(8-11)13(17)16-12-6-3-7-15-9-12/h2-9H,1H3,(H,16,17). The lowest BCUT2D eigenvalue weighted by Crippen LogP contribution is -2.13. The third-order valence-electron chi connectivity index (χ3n) is 2.47. The van der Waals surface area contributed by atoms with Crippen LogP contribution in [0.5, 0.6) is 0 Å². The van der Waals surface area contributed by atoms with Crippen molar-refractivity contribution in [2.24, 2.45) is 0 Å². The number of nitrogens with one attached hydrogen (secondary N) is 1. The molecular formula is C14H12N2O3. The first-order valence-electron chi connectivity index (χ1n) is 5.60. The van der Waals surface area contributed by atoms with Crippen LogP contribution in [0.1, 0.15) is 20.7 Å². The van der Waals surface area contributed by atoms with Gasteiger partial charge in [-0.2, -0.15) is 0 Å². The van der Waals surface area contributed by atoms with Crippen molar-refractivity contribution in [1.29, 1.82) is 0 Å². The zero-order valence-corrected chi connectivity index (χ0v) is 10.3. The molecule has 96 valence electrons. The molecule has 5 heteroatoms.